The van der Waals surface area contributed by atoms with Crippen molar-refractivity contribution in [3.63, 3.8) is 0 Å². The second kappa shape index (κ2) is 5.77. The van der Waals surface area contributed by atoms with E-state index < -0.39 is 0 Å². The van der Waals surface area contributed by atoms with E-state index in [2.05, 4.69) is 39.9 Å². The predicted molar refractivity (Wildman–Crippen MR) is 73.1 cm³/mol. The summed E-state index contributed by atoms with van der Waals surface area (Å²) >= 11 is 7.47. The Balaban J connectivity index is 2.45. The lowest BCUT2D eigenvalue weighted by Gasteiger charge is -2.19. The molecule has 0 radical (unpaired) electrons. The average Bonchev–Trinajstić information content (AvgIpc) is 2.95. The topological polar surface area (TPSA) is 55.6 Å². The van der Waals surface area contributed by atoms with Crippen LogP contribution in [0, 0.1) is 0 Å². The van der Waals surface area contributed by atoms with Crippen LogP contribution in [-0.2, 0) is 0 Å². The molecule has 18 heavy (non-hydrogen) atoms. The van der Waals surface area contributed by atoms with Gasteiger partial charge >= 0.3 is 0 Å². The Morgan fingerprint density at radius 1 is 1.44 bits per heavy atom. The van der Waals surface area contributed by atoms with Crippen LogP contribution in [0.3, 0.4) is 0 Å². The van der Waals surface area contributed by atoms with Crippen LogP contribution in [-0.4, -0.2) is 25.1 Å². The Labute approximate surface area is 116 Å². The molecule has 1 atom stereocenters. The van der Waals surface area contributed by atoms with E-state index in [4.69, 9.17) is 11.6 Å². The average molecular weight is 286 g/mol. The van der Waals surface area contributed by atoms with E-state index in [1.165, 1.54) is 11.7 Å². The minimum absolute atomic E-state index is 0.0638. The number of nitrogens with zero attached hydrogens (tertiary/aromatic N) is 4. The maximum atomic E-state index is 6.27. The molecule has 0 saturated heterocycles. The first-order valence-electron chi connectivity index (χ1n) is 5.88. The molecule has 0 aliphatic heterocycles. The number of halogens is 1. The maximum Gasteiger partial charge on any atom is 0.0974 e. The van der Waals surface area contributed by atoms with Gasteiger partial charge in [-0.05, 0) is 20.4 Å². The van der Waals surface area contributed by atoms with Gasteiger partial charge in [0.25, 0.3) is 0 Å². The first-order valence-corrected chi connectivity index (χ1v) is 6.99. The molecule has 7 heteroatoms. The lowest BCUT2D eigenvalue weighted by molar-refractivity contribution is 0.474. The van der Waals surface area contributed by atoms with E-state index in [9.17, 15) is 0 Å². The smallest absolute Gasteiger partial charge is 0.0974 e. The van der Waals surface area contributed by atoms with Crippen LogP contribution in [0.1, 0.15) is 44.2 Å². The summed E-state index contributed by atoms with van der Waals surface area (Å²) in [5, 5.41) is 8.37. The van der Waals surface area contributed by atoms with Crippen LogP contribution in [0.25, 0.3) is 0 Å². The molecule has 98 valence electrons. The van der Waals surface area contributed by atoms with E-state index >= 15 is 0 Å². The van der Waals surface area contributed by atoms with Crippen molar-refractivity contribution in [2.24, 2.45) is 0 Å². The molecule has 2 aromatic heterocycles. The summed E-state index contributed by atoms with van der Waals surface area (Å²) < 4.78 is 10.3. The van der Waals surface area contributed by atoms with Crippen LogP contribution >= 0.6 is 23.3 Å². The fourth-order valence-corrected chi connectivity index (χ4v) is 2.57. The van der Waals surface area contributed by atoms with Gasteiger partial charge in [0.2, 0.25) is 0 Å². The third kappa shape index (κ3) is 2.55. The summed E-state index contributed by atoms with van der Waals surface area (Å²) in [6, 6.07) is 0.186. The van der Waals surface area contributed by atoms with Gasteiger partial charge in [-0.3, -0.25) is 4.68 Å². The lowest BCUT2D eigenvalue weighted by Crippen LogP contribution is -2.26. The van der Waals surface area contributed by atoms with Crippen molar-refractivity contribution >= 4 is 23.3 Å². The molecule has 0 aromatic carbocycles. The molecular formula is C11H16ClN5S. The number of hydrogen-bond acceptors (Lipinski definition) is 5. The molecular weight excluding hydrogens is 270 g/mol. The van der Waals surface area contributed by atoms with Gasteiger partial charge in [-0.15, -0.1) is 0 Å². The highest BCUT2D eigenvalue weighted by molar-refractivity contribution is 6.99. The summed E-state index contributed by atoms with van der Waals surface area (Å²) in [6.45, 7) is 7.03. The largest absolute Gasteiger partial charge is 0.304 e. The van der Waals surface area contributed by atoms with Crippen molar-refractivity contribution < 1.29 is 0 Å². The van der Waals surface area contributed by atoms with E-state index in [-0.39, 0.29) is 12.1 Å². The summed E-state index contributed by atoms with van der Waals surface area (Å²) in [6.07, 6.45) is 3.45. The lowest BCUT2D eigenvalue weighted by atomic mass is 10.1. The molecule has 2 rings (SSSR count). The second-order valence-corrected chi connectivity index (χ2v) is 5.20. The highest BCUT2D eigenvalue weighted by Gasteiger charge is 2.24. The van der Waals surface area contributed by atoms with Crippen molar-refractivity contribution in [1.29, 1.82) is 0 Å². The number of aromatic nitrogens is 4. The van der Waals surface area contributed by atoms with Crippen LogP contribution < -0.4 is 5.32 Å². The van der Waals surface area contributed by atoms with Crippen molar-refractivity contribution in [3.05, 3.63) is 28.8 Å². The third-order valence-corrected chi connectivity index (χ3v) is 3.42. The van der Waals surface area contributed by atoms with Gasteiger partial charge in [-0.2, -0.15) is 13.8 Å². The molecule has 0 bridgehead atoms. The van der Waals surface area contributed by atoms with Crippen LogP contribution in [0.4, 0.5) is 0 Å². The summed E-state index contributed by atoms with van der Waals surface area (Å²) in [5.74, 6) is 0. The maximum absolute atomic E-state index is 6.27. The fraction of sp³-hybridized carbons (Fsp3) is 0.545. The molecule has 5 nitrogen and oxygen atoms in total. The molecule has 0 amide bonds. The molecule has 0 saturated carbocycles. The molecule has 2 heterocycles. The van der Waals surface area contributed by atoms with E-state index in [0.717, 1.165) is 17.9 Å². The first-order chi connectivity index (χ1) is 8.65. The van der Waals surface area contributed by atoms with Crippen LogP contribution in [0.5, 0.6) is 0 Å². The number of hydrogen-bond donors (Lipinski definition) is 1. The summed E-state index contributed by atoms with van der Waals surface area (Å²) in [5.41, 5.74) is 1.83. The molecule has 0 aliphatic rings. The minimum atomic E-state index is -0.0638. The Morgan fingerprint density at radius 2 is 2.22 bits per heavy atom. The van der Waals surface area contributed by atoms with Gasteiger partial charge < -0.3 is 5.32 Å². The second-order valence-electron chi connectivity index (χ2n) is 4.24. The Morgan fingerprint density at radius 3 is 2.78 bits per heavy atom. The van der Waals surface area contributed by atoms with Crippen LogP contribution in [0.2, 0.25) is 5.02 Å². The van der Waals surface area contributed by atoms with Crippen molar-refractivity contribution in [3.8, 4) is 0 Å². The van der Waals surface area contributed by atoms with E-state index in [0.29, 0.717) is 5.02 Å². The molecule has 0 aliphatic carbocycles. The van der Waals surface area contributed by atoms with Gasteiger partial charge in [-0.25, -0.2) is 0 Å². The van der Waals surface area contributed by atoms with Gasteiger partial charge in [0.15, 0.2) is 0 Å². The summed E-state index contributed by atoms with van der Waals surface area (Å²) in [7, 11) is 0. The standard InChI is InChI=1S/C11H16ClN5S/c1-4-13-10(9-6-15-18-16-9)11-8(12)5-14-17(11)7(2)3/h5-7,10,13H,4H2,1-3H3. The van der Waals surface area contributed by atoms with Crippen molar-refractivity contribution in [2.75, 3.05) is 6.54 Å². The third-order valence-electron chi connectivity index (χ3n) is 2.63. The Kier molecular flexibility index (Phi) is 4.31. The summed E-state index contributed by atoms with van der Waals surface area (Å²) in [4.78, 5) is 0. The number of rotatable bonds is 5. The molecule has 1 unspecified atom stereocenters. The fourth-order valence-electron chi connectivity index (χ4n) is 1.88. The Hall–Kier alpha value is -0.980. The quantitative estimate of drug-likeness (QED) is 0.918. The molecule has 1 N–H and O–H groups in total. The van der Waals surface area contributed by atoms with Gasteiger partial charge in [-0.1, -0.05) is 18.5 Å². The highest BCUT2D eigenvalue weighted by atomic mass is 35.5. The zero-order valence-corrected chi connectivity index (χ0v) is 12.2. The van der Waals surface area contributed by atoms with Gasteiger partial charge in [0.1, 0.15) is 0 Å². The van der Waals surface area contributed by atoms with Crippen molar-refractivity contribution in [1.82, 2.24) is 23.8 Å². The molecule has 0 fully saturated rings. The van der Waals surface area contributed by atoms with Crippen LogP contribution in [0.15, 0.2) is 12.4 Å². The minimum Gasteiger partial charge on any atom is -0.304 e. The van der Waals surface area contributed by atoms with Gasteiger partial charge in [0.05, 0.1) is 46.6 Å². The zero-order valence-electron chi connectivity index (χ0n) is 10.6. The first kappa shape index (κ1) is 13.5. The highest BCUT2D eigenvalue weighted by Crippen LogP contribution is 2.29. The van der Waals surface area contributed by atoms with Gasteiger partial charge in [0, 0.05) is 6.04 Å². The van der Waals surface area contributed by atoms with E-state index in [1.54, 1.807) is 12.4 Å². The zero-order chi connectivity index (χ0) is 13.1. The molecule has 2 aromatic rings. The van der Waals surface area contributed by atoms with E-state index in [1.807, 2.05) is 4.68 Å². The SMILES string of the molecule is CCNC(c1cnsn1)c1c(Cl)cnn1C(C)C. The molecule has 0 spiro atoms. The van der Waals surface area contributed by atoms with Crippen molar-refractivity contribution in [2.45, 2.75) is 32.9 Å². The monoisotopic (exact) mass is 285 g/mol. The number of nitrogens with one attached hydrogen (secondary N) is 1. The predicted octanol–water partition coefficient (Wildman–Crippen LogP) is 2.67. The Bertz CT molecular complexity index is 494. The normalized spacial score (nSPS) is 13.2.